The summed E-state index contributed by atoms with van der Waals surface area (Å²) < 4.78 is 18.5. The van der Waals surface area contributed by atoms with Crippen molar-refractivity contribution >= 4 is 11.6 Å². The van der Waals surface area contributed by atoms with Crippen molar-refractivity contribution in [2.45, 2.75) is 13.0 Å². The number of para-hydroxylation sites is 1. The molecule has 0 fully saturated rings. The van der Waals surface area contributed by atoms with Crippen LogP contribution >= 0.6 is 0 Å². The van der Waals surface area contributed by atoms with E-state index in [-0.39, 0.29) is 17.4 Å². The van der Waals surface area contributed by atoms with Crippen LogP contribution in [-0.2, 0) is 0 Å². The van der Waals surface area contributed by atoms with Crippen molar-refractivity contribution < 1.29 is 13.9 Å². The first-order valence-electron chi connectivity index (χ1n) is 6.52. The molecule has 21 heavy (non-hydrogen) atoms. The maximum atomic E-state index is 13.6. The Bertz CT molecular complexity index is 656. The summed E-state index contributed by atoms with van der Waals surface area (Å²) in [5, 5.41) is 2.75. The number of hydrogen-bond acceptors (Lipinski definition) is 3. The molecule has 4 nitrogen and oxygen atoms in total. The van der Waals surface area contributed by atoms with Crippen LogP contribution in [0, 0.1) is 5.82 Å². The molecule has 0 bridgehead atoms. The standard InChI is InChI=1S/C16H17FN2O2/c1-10(18)12-5-3-4-6-14(12)19-16(20)11-7-8-15(21-2)13(17)9-11/h3-10H,18H2,1-2H3,(H,19,20). The van der Waals surface area contributed by atoms with Crippen LogP contribution in [0.25, 0.3) is 0 Å². The van der Waals surface area contributed by atoms with E-state index in [0.717, 1.165) is 11.6 Å². The second kappa shape index (κ2) is 6.37. The van der Waals surface area contributed by atoms with E-state index < -0.39 is 11.7 Å². The maximum absolute atomic E-state index is 13.6. The van der Waals surface area contributed by atoms with E-state index in [0.29, 0.717) is 5.69 Å². The molecule has 1 unspecified atom stereocenters. The minimum atomic E-state index is -0.578. The highest BCUT2D eigenvalue weighted by atomic mass is 19.1. The molecule has 110 valence electrons. The fraction of sp³-hybridized carbons (Fsp3) is 0.188. The summed E-state index contributed by atoms with van der Waals surface area (Å²) >= 11 is 0. The monoisotopic (exact) mass is 288 g/mol. The Morgan fingerprint density at radius 1 is 1.29 bits per heavy atom. The van der Waals surface area contributed by atoms with E-state index in [1.54, 1.807) is 12.1 Å². The molecule has 0 saturated heterocycles. The van der Waals surface area contributed by atoms with E-state index >= 15 is 0 Å². The maximum Gasteiger partial charge on any atom is 0.255 e. The van der Waals surface area contributed by atoms with Gasteiger partial charge in [0.25, 0.3) is 5.91 Å². The van der Waals surface area contributed by atoms with Gasteiger partial charge in [-0.1, -0.05) is 18.2 Å². The van der Waals surface area contributed by atoms with Gasteiger partial charge in [-0.3, -0.25) is 4.79 Å². The van der Waals surface area contributed by atoms with Crippen LogP contribution in [-0.4, -0.2) is 13.0 Å². The minimum absolute atomic E-state index is 0.0996. The molecule has 0 aliphatic rings. The zero-order valence-electron chi connectivity index (χ0n) is 11.9. The number of methoxy groups -OCH3 is 1. The molecule has 2 aromatic rings. The number of benzene rings is 2. The van der Waals surface area contributed by atoms with Crippen molar-refractivity contribution in [2.75, 3.05) is 12.4 Å². The average Bonchev–Trinajstić information content (AvgIpc) is 2.47. The lowest BCUT2D eigenvalue weighted by atomic mass is 10.1. The quantitative estimate of drug-likeness (QED) is 0.908. The van der Waals surface area contributed by atoms with Gasteiger partial charge in [0.1, 0.15) is 0 Å². The molecule has 5 heteroatoms. The molecule has 0 heterocycles. The Hall–Kier alpha value is -2.40. The van der Waals surface area contributed by atoms with E-state index in [4.69, 9.17) is 10.5 Å². The van der Waals surface area contributed by atoms with E-state index in [9.17, 15) is 9.18 Å². The minimum Gasteiger partial charge on any atom is -0.494 e. The van der Waals surface area contributed by atoms with Gasteiger partial charge in [0.15, 0.2) is 11.6 Å². The van der Waals surface area contributed by atoms with Crippen molar-refractivity contribution in [1.82, 2.24) is 0 Å². The zero-order valence-corrected chi connectivity index (χ0v) is 11.9. The Balaban J connectivity index is 2.24. The predicted octanol–water partition coefficient (Wildman–Crippen LogP) is 3.11. The van der Waals surface area contributed by atoms with E-state index in [2.05, 4.69) is 5.32 Å². The summed E-state index contributed by atoms with van der Waals surface area (Å²) in [7, 11) is 1.37. The molecule has 0 spiro atoms. The second-order valence-corrected chi connectivity index (χ2v) is 4.68. The van der Waals surface area contributed by atoms with Gasteiger partial charge in [-0.2, -0.15) is 0 Å². The first kappa shape index (κ1) is 15.0. The molecule has 2 aromatic carbocycles. The SMILES string of the molecule is COc1ccc(C(=O)Nc2ccccc2C(C)N)cc1F. The first-order valence-corrected chi connectivity index (χ1v) is 6.52. The van der Waals surface area contributed by atoms with Gasteiger partial charge < -0.3 is 15.8 Å². The lowest BCUT2D eigenvalue weighted by Crippen LogP contribution is -2.16. The number of hydrogen-bond donors (Lipinski definition) is 2. The highest BCUT2D eigenvalue weighted by Crippen LogP contribution is 2.22. The molecule has 0 aromatic heterocycles. The smallest absolute Gasteiger partial charge is 0.255 e. The molecule has 3 N–H and O–H groups in total. The van der Waals surface area contributed by atoms with Crippen molar-refractivity contribution in [1.29, 1.82) is 0 Å². The van der Waals surface area contributed by atoms with Crippen LogP contribution in [0.15, 0.2) is 42.5 Å². The van der Waals surface area contributed by atoms with Gasteiger partial charge in [0.05, 0.1) is 7.11 Å². The highest BCUT2D eigenvalue weighted by molar-refractivity contribution is 6.04. The van der Waals surface area contributed by atoms with Gasteiger partial charge in [-0.05, 0) is 36.8 Å². The number of rotatable bonds is 4. The van der Waals surface area contributed by atoms with Crippen molar-refractivity contribution in [3.05, 3.63) is 59.4 Å². The predicted molar refractivity (Wildman–Crippen MR) is 79.9 cm³/mol. The van der Waals surface area contributed by atoms with Crippen LogP contribution in [0.1, 0.15) is 28.9 Å². The third-order valence-corrected chi connectivity index (χ3v) is 3.11. The largest absolute Gasteiger partial charge is 0.494 e. The van der Waals surface area contributed by atoms with Crippen molar-refractivity contribution in [3.63, 3.8) is 0 Å². The highest BCUT2D eigenvalue weighted by Gasteiger charge is 2.13. The molecule has 1 atom stereocenters. The summed E-state index contributed by atoms with van der Waals surface area (Å²) in [5.74, 6) is -0.877. The summed E-state index contributed by atoms with van der Waals surface area (Å²) in [6.07, 6.45) is 0. The van der Waals surface area contributed by atoms with Gasteiger partial charge in [0, 0.05) is 17.3 Å². The number of anilines is 1. The normalized spacial score (nSPS) is 11.8. The number of halogens is 1. The molecule has 2 rings (SSSR count). The summed E-state index contributed by atoms with van der Waals surface area (Å²) in [6, 6.07) is 11.1. The lowest BCUT2D eigenvalue weighted by molar-refractivity contribution is 0.102. The fourth-order valence-electron chi connectivity index (χ4n) is 2.01. The Labute approximate surface area is 122 Å². The number of nitrogens with one attached hydrogen (secondary N) is 1. The Morgan fingerprint density at radius 2 is 2.00 bits per heavy atom. The van der Waals surface area contributed by atoms with Crippen LogP contribution in [0.5, 0.6) is 5.75 Å². The van der Waals surface area contributed by atoms with Gasteiger partial charge in [-0.25, -0.2) is 4.39 Å². The number of ether oxygens (including phenoxy) is 1. The van der Waals surface area contributed by atoms with E-state index in [1.165, 1.54) is 19.2 Å². The lowest BCUT2D eigenvalue weighted by Gasteiger charge is -2.13. The zero-order chi connectivity index (χ0) is 15.4. The van der Waals surface area contributed by atoms with Crippen LogP contribution in [0.3, 0.4) is 0 Å². The third kappa shape index (κ3) is 3.38. The van der Waals surface area contributed by atoms with Crippen molar-refractivity contribution in [2.24, 2.45) is 5.73 Å². The van der Waals surface area contributed by atoms with Crippen LogP contribution in [0.2, 0.25) is 0 Å². The third-order valence-electron chi connectivity index (χ3n) is 3.11. The number of nitrogens with two attached hydrogens (primary N) is 1. The molecule has 0 radical (unpaired) electrons. The van der Waals surface area contributed by atoms with Gasteiger partial charge in [0.2, 0.25) is 0 Å². The fourth-order valence-corrected chi connectivity index (χ4v) is 2.01. The summed E-state index contributed by atoms with van der Waals surface area (Å²) in [6.45, 7) is 1.83. The number of carbonyl (C=O) groups is 1. The molecule has 0 aliphatic heterocycles. The Kier molecular flexibility index (Phi) is 4.55. The van der Waals surface area contributed by atoms with E-state index in [1.807, 2.05) is 19.1 Å². The van der Waals surface area contributed by atoms with Crippen LogP contribution < -0.4 is 15.8 Å². The van der Waals surface area contributed by atoms with Crippen molar-refractivity contribution in [3.8, 4) is 5.75 Å². The van der Waals surface area contributed by atoms with Crippen LogP contribution in [0.4, 0.5) is 10.1 Å². The number of amides is 1. The molecule has 0 saturated carbocycles. The molecule has 1 amide bonds. The molecular weight excluding hydrogens is 271 g/mol. The van der Waals surface area contributed by atoms with Gasteiger partial charge in [-0.15, -0.1) is 0 Å². The van der Waals surface area contributed by atoms with Gasteiger partial charge >= 0.3 is 0 Å². The Morgan fingerprint density at radius 3 is 2.62 bits per heavy atom. The molecule has 0 aliphatic carbocycles. The first-order chi connectivity index (χ1) is 10.0. The summed E-state index contributed by atoms with van der Waals surface area (Å²) in [5.41, 5.74) is 7.52. The summed E-state index contributed by atoms with van der Waals surface area (Å²) in [4.78, 5) is 12.2. The second-order valence-electron chi connectivity index (χ2n) is 4.68. The number of carbonyl (C=O) groups excluding carboxylic acids is 1. The average molecular weight is 288 g/mol. The topological polar surface area (TPSA) is 64.3 Å². The molecular formula is C16H17FN2O2.